The van der Waals surface area contributed by atoms with Crippen molar-refractivity contribution in [2.75, 3.05) is 18.4 Å². The quantitative estimate of drug-likeness (QED) is 0.256. The van der Waals surface area contributed by atoms with E-state index in [1.165, 1.54) is 18.3 Å². The lowest BCUT2D eigenvalue weighted by molar-refractivity contribution is 0.0692. The molecule has 1 aliphatic rings. The molecular formula is C31H28Cl2FN3O3. The monoisotopic (exact) mass is 579 g/mol. The lowest BCUT2D eigenvalue weighted by atomic mass is 9.89. The maximum Gasteiger partial charge on any atom is 0.303 e. The molecule has 1 amide bonds. The van der Waals surface area contributed by atoms with Crippen LogP contribution < -0.4 is 15.7 Å². The highest BCUT2D eigenvalue weighted by Crippen LogP contribution is 2.33. The van der Waals surface area contributed by atoms with Gasteiger partial charge in [-0.3, -0.25) is 9.59 Å². The number of rotatable bonds is 7. The molecule has 1 aliphatic heterocycles. The number of amides is 1. The number of aromatic nitrogens is 1. The van der Waals surface area contributed by atoms with E-state index in [1.54, 1.807) is 29.2 Å². The topological polar surface area (TPSA) is 63.6 Å². The van der Waals surface area contributed by atoms with E-state index in [9.17, 15) is 14.0 Å². The van der Waals surface area contributed by atoms with Gasteiger partial charge >= 0.3 is 5.56 Å². The number of pyridine rings is 1. The van der Waals surface area contributed by atoms with E-state index in [4.69, 9.17) is 28.0 Å². The van der Waals surface area contributed by atoms with Crippen LogP contribution in [0.2, 0.25) is 10.0 Å². The smallest absolute Gasteiger partial charge is 0.303 e. The highest BCUT2D eigenvalue weighted by atomic mass is 35.5. The van der Waals surface area contributed by atoms with Crippen LogP contribution in [0.3, 0.4) is 0 Å². The Morgan fingerprint density at radius 2 is 1.73 bits per heavy atom. The van der Waals surface area contributed by atoms with E-state index >= 15 is 0 Å². The van der Waals surface area contributed by atoms with Crippen molar-refractivity contribution in [2.24, 2.45) is 0 Å². The molecule has 0 spiro atoms. The van der Waals surface area contributed by atoms with Crippen LogP contribution in [0.5, 0.6) is 0 Å². The second kappa shape index (κ2) is 12.1. The summed E-state index contributed by atoms with van der Waals surface area (Å²) in [5.41, 5.74) is 3.21. The average molecular weight is 580 g/mol. The first-order chi connectivity index (χ1) is 19.3. The number of carbonyl (C=O) groups excluding carboxylic acids is 1. The van der Waals surface area contributed by atoms with Crippen molar-refractivity contribution in [3.05, 3.63) is 127 Å². The van der Waals surface area contributed by atoms with Crippen molar-refractivity contribution in [3.63, 3.8) is 0 Å². The van der Waals surface area contributed by atoms with E-state index in [-0.39, 0.29) is 40.5 Å². The van der Waals surface area contributed by atoms with E-state index in [1.807, 2.05) is 43.3 Å². The van der Waals surface area contributed by atoms with Crippen LogP contribution in [0, 0.1) is 12.7 Å². The molecule has 0 aliphatic carbocycles. The molecule has 0 atom stereocenters. The Bertz CT molecular complexity index is 1570. The molecule has 5 rings (SSSR count). The van der Waals surface area contributed by atoms with Gasteiger partial charge in [-0.05, 0) is 66.6 Å². The first-order valence-corrected chi connectivity index (χ1v) is 13.8. The third-order valence-corrected chi connectivity index (χ3v) is 7.74. The third kappa shape index (κ3) is 6.16. The van der Waals surface area contributed by atoms with Crippen LogP contribution in [0.15, 0.2) is 83.8 Å². The van der Waals surface area contributed by atoms with Gasteiger partial charge in [0.05, 0.1) is 17.4 Å². The molecule has 3 aromatic carbocycles. The van der Waals surface area contributed by atoms with Crippen LogP contribution in [0.4, 0.5) is 15.8 Å². The molecule has 1 saturated heterocycles. The molecule has 9 heteroatoms. The van der Waals surface area contributed by atoms with Crippen LogP contribution in [0.1, 0.15) is 45.8 Å². The first-order valence-electron chi connectivity index (χ1n) is 13.0. The van der Waals surface area contributed by atoms with Gasteiger partial charge in [0.2, 0.25) is 0 Å². The van der Waals surface area contributed by atoms with Gasteiger partial charge in [-0.15, -0.1) is 0 Å². The van der Waals surface area contributed by atoms with Crippen molar-refractivity contribution in [3.8, 4) is 0 Å². The highest BCUT2D eigenvalue weighted by Gasteiger charge is 2.29. The first kappa shape index (κ1) is 27.7. The van der Waals surface area contributed by atoms with E-state index < -0.39 is 5.56 Å². The fraction of sp³-hybridized carbons (Fsp3) is 0.226. The molecule has 0 unspecified atom stereocenters. The Hall–Kier alpha value is -3.81. The van der Waals surface area contributed by atoms with Crippen LogP contribution in [-0.2, 0) is 6.61 Å². The SMILES string of the molecule is Cc1ccc(Cl)cc1Nc1c(C(=O)N2CCC(c3ccc(F)cc3)CC2)cn(OCc2ccccc2)c(=O)c1Cl. The number of benzene rings is 3. The largest absolute Gasteiger partial charge is 0.406 e. The van der Waals surface area contributed by atoms with Gasteiger partial charge < -0.3 is 15.1 Å². The number of halogens is 3. The molecule has 206 valence electrons. The summed E-state index contributed by atoms with van der Waals surface area (Å²) >= 11 is 12.8. The van der Waals surface area contributed by atoms with Gasteiger partial charge in [0.25, 0.3) is 5.91 Å². The predicted molar refractivity (Wildman–Crippen MR) is 156 cm³/mol. The van der Waals surface area contributed by atoms with Crippen molar-refractivity contribution >= 4 is 40.5 Å². The fourth-order valence-electron chi connectivity index (χ4n) is 4.85. The highest BCUT2D eigenvalue weighted by molar-refractivity contribution is 6.34. The molecule has 40 heavy (non-hydrogen) atoms. The lowest BCUT2D eigenvalue weighted by Gasteiger charge is -2.33. The maximum absolute atomic E-state index is 13.9. The number of piperidine rings is 1. The molecular weight excluding hydrogens is 552 g/mol. The summed E-state index contributed by atoms with van der Waals surface area (Å²) in [6.07, 6.45) is 2.85. The van der Waals surface area contributed by atoms with E-state index in [0.717, 1.165) is 34.3 Å². The zero-order valence-corrected chi connectivity index (χ0v) is 23.4. The molecule has 0 bridgehead atoms. The Balaban J connectivity index is 1.45. The van der Waals surface area contributed by atoms with Gasteiger partial charge in [-0.2, -0.15) is 4.73 Å². The molecule has 1 N–H and O–H groups in total. The molecule has 0 radical (unpaired) electrons. The van der Waals surface area contributed by atoms with Gasteiger partial charge in [-0.1, -0.05) is 71.7 Å². The van der Waals surface area contributed by atoms with Gasteiger partial charge in [0.1, 0.15) is 17.4 Å². The normalized spacial score (nSPS) is 13.8. The zero-order valence-electron chi connectivity index (χ0n) is 21.9. The van der Waals surface area contributed by atoms with Crippen molar-refractivity contribution in [1.29, 1.82) is 0 Å². The minimum Gasteiger partial charge on any atom is -0.406 e. The summed E-state index contributed by atoms with van der Waals surface area (Å²) in [4.78, 5) is 34.7. The Kier molecular flexibility index (Phi) is 8.43. The van der Waals surface area contributed by atoms with Crippen molar-refractivity contribution < 1.29 is 14.0 Å². The molecule has 1 fully saturated rings. The van der Waals surface area contributed by atoms with Crippen LogP contribution >= 0.6 is 23.2 Å². The number of anilines is 2. The summed E-state index contributed by atoms with van der Waals surface area (Å²) < 4.78 is 14.4. The standard InChI is InChI=1S/C31H28Cl2FN3O3/c1-20-7-10-24(32)17-27(20)35-29-26(18-37(31(39)28(29)33)40-19-21-5-3-2-4-6-21)30(38)36-15-13-23(14-16-36)22-8-11-25(34)12-9-22/h2-12,17-18,23,35H,13-16,19H2,1H3. The fourth-order valence-corrected chi connectivity index (χ4v) is 5.25. The summed E-state index contributed by atoms with van der Waals surface area (Å²) in [7, 11) is 0. The minimum absolute atomic E-state index is 0.119. The number of aryl methyl sites for hydroxylation is 1. The molecule has 0 saturated carbocycles. The summed E-state index contributed by atoms with van der Waals surface area (Å²) in [6.45, 7) is 3.00. The molecule has 6 nitrogen and oxygen atoms in total. The van der Waals surface area contributed by atoms with Gasteiger partial charge in [0.15, 0.2) is 0 Å². The minimum atomic E-state index is -0.591. The number of hydrogen-bond acceptors (Lipinski definition) is 4. The maximum atomic E-state index is 13.9. The lowest BCUT2D eigenvalue weighted by Crippen LogP contribution is -2.39. The number of carbonyl (C=O) groups is 1. The third-order valence-electron chi connectivity index (χ3n) is 7.15. The van der Waals surface area contributed by atoms with Crippen LogP contribution in [0.25, 0.3) is 0 Å². The summed E-state index contributed by atoms with van der Waals surface area (Å²) in [5.74, 6) is -0.324. The second-order valence-corrected chi connectivity index (χ2v) is 10.6. The molecule has 2 heterocycles. The Morgan fingerprint density at radius 1 is 1.02 bits per heavy atom. The summed E-state index contributed by atoms with van der Waals surface area (Å²) in [6, 6.07) is 21.2. The van der Waals surface area contributed by atoms with Gasteiger partial charge in [0, 0.05) is 23.8 Å². The van der Waals surface area contributed by atoms with E-state index in [2.05, 4.69) is 5.32 Å². The van der Waals surface area contributed by atoms with E-state index in [0.29, 0.717) is 23.8 Å². The Labute approximate surface area is 241 Å². The number of nitrogens with one attached hydrogen (secondary N) is 1. The van der Waals surface area contributed by atoms with Crippen LogP contribution in [-0.4, -0.2) is 28.6 Å². The van der Waals surface area contributed by atoms with Crippen molar-refractivity contribution in [2.45, 2.75) is 32.3 Å². The predicted octanol–water partition coefficient (Wildman–Crippen LogP) is 6.99. The molecule has 1 aromatic heterocycles. The zero-order chi connectivity index (χ0) is 28.2. The number of likely N-dealkylation sites (tertiary alicyclic amines) is 1. The number of nitrogens with zero attached hydrogens (tertiary/aromatic N) is 2. The van der Waals surface area contributed by atoms with Gasteiger partial charge in [-0.25, -0.2) is 4.39 Å². The average Bonchev–Trinajstić information content (AvgIpc) is 2.97. The number of hydrogen-bond donors (Lipinski definition) is 1. The Morgan fingerprint density at radius 3 is 2.42 bits per heavy atom. The summed E-state index contributed by atoms with van der Waals surface area (Å²) in [5, 5.41) is 3.52. The second-order valence-electron chi connectivity index (χ2n) is 9.82. The molecule has 4 aromatic rings. The van der Waals surface area contributed by atoms with Crippen molar-refractivity contribution in [1.82, 2.24) is 9.63 Å².